The van der Waals surface area contributed by atoms with Crippen LogP contribution in [0, 0.1) is 6.92 Å². The van der Waals surface area contributed by atoms with Crippen molar-refractivity contribution in [1.29, 1.82) is 0 Å². The van der Waals surface area contributed by atoms with E-state index in [0.29, 0.717) is 0 Å². The van der Waals surface area contributed by atoms with E-state index in [1.54, 1.807) is 0 Å². The number of ether oxygens (including phenoxy) is 1. The molecule has 16 heavy (non-hydrogen) atoms. The molecular formula is C13H15NO2. The molecule has 1 heterocycles. The molecule has 0 saturated carbocycles. The Bertz CT molecular complexity index is 528. The number of esters is 1. The van der Waals surface area contributed by atoms with E-state index in [-0.39, 0.29) is 12.1 Å². The number of carbonyl (C=O) groups is 1. The molecule has 0 aliphatic heterocycles. The number of aryl methyl sites for hydroxylation is 1. The van der Waals surface area contributed by atoms with Crippen LogP contribution in [0.15, 0.2) is 24.3 Å². The number of rotatable bonds is 2. The highest BCUT2D eigenvalue weighted by Crippen LogP contribution is 2.29. The second-order valence-electron chi connectivity index (χ2n) is 3.96. The van der Waals surface area contributed by atoms with E-state index in [0.717, 1.165) is 22.2 Å². The highest BCUT2D eigenvalue weighted by Gasteiger charge is 2.16. The van der Waals surface area contributed by atoms with Gasteiger partial charge in [-0.2, -0.15) is 0 Å². The van der Waals surface area contributed by atoms with Crippen LogP contribution in [0.4, 0.5) is 0 Å². The minimum Gasteiger partial charge on any atom is -0.458 e. The van der Waals surface area contributed by atoms with Gasteiger partial charge in [-0.3, -0.25) is 4.79 Å². The van der Waals surface area contributed by atoms with E-state index < -0.39 is 0 Å². The lowest BCUT2D eigenvalue weighted by molar-refractivity contribution is -0.145. The molecule has 1 atom stereocenters. The van der Waals surface area contributed by atoms with Gasteiger partial charge in [0.05, 0.1) is 0 Å². The van der Waals surface area contributed by atoms with Gasteiger partial charge in [0, 0.05) is 29.1 Å². The quantitative estimate of drug-likeness (QED) is 0.785. The second kappa shape index (κ2) is 4.00. The van der Waals surface area contributed by atoms with E-state index in [2.05, 4.69) is 4.98 Å². The zero-order valence-electron chi connectivity index (χ0n) is 9.70. The molecule has 1 unspecified atom stereocenters. The third kappa shape index (κ3) is 1.81. The number of H-pyrrole nitrogens is 1. The van der Waals surface area contributed by atoms with Gasteiger partial charge in [0.25, 0.3) is 0 Å². The first-order chi connectivity index (χ1) is 7.59. The number of carbonyl (C=O) groups excluding carboxylic acids is 1. The van der Waals surface area contributed by atoms with Crippen molar-refractivity contribution in [3.05, 3.63) is 35.5 Å². The van der Waals surface area contributed by atoms with Gasteiger partial charge in [-0.1, -0.05) is 18.2 Å². The second-order valence-corrected chi connectivity index (χ2v) is 3.96. The molecule has 0 spiro atoms. The normalized spacial score (nSPS) is 12.7. The molecule has 0 aliphatic carbocycles. The summed E-state index contributed by atoms with van der Waals surface area (Å²) in [5.41, 5.74) is 3.19. The van der Waals surface area contributed by atoms with Crippen LogP contribution < -0.4 is 0 Å². The molecule has 1 N–H and O–H groups in total. The highest BCUT2D eigenvalue weighted by molar-refractivity contribution is 5.85. The largest absolute Gasteiger partial charge is 0.458 e. The third-order valence-corrected chi connectivity index (χ3v) is 2.69. The van der Waals surface area contributed by atoms with Gasteiger partial charge in [-0.05, 0) is 19.9 Å². The fourth-order valence-electron chi connectivity index (χ4n) is 2.13. The van der Waals surface area contributed by atoms with E-state index in [1.807, 2.05) is 38.1 Å². The van der Waals surface area contributed by atoms with Crippen LogP contribution in [0.3, 0.4) is 0 Å². The van der Waals surface area contributed by atoms with Crippen LogP contribution in [-0.2, 0) is 9.53 Å². The smallest absolute Gasteiger partial charge is 0.303 e. The first kappa shape index (κ1) is 10.7. The van der Waals surface area contributed by atoms with Crippen LogP contribution in [0.5, 0.6) is 0 Å². The van der Waals surface area contributed by atoms with Crippen molar-refractivity contribution in [2.75, 3.05) is 0 Å². The number of aromatic amines is 1. The lowest BCUT2D eigenvalue weighted by Gasteiger charge is -2.12. The van der Waals surface area contributed by atoms with E-state index in [9.17, 15) is 4.79 Å². The van der Waals surface area contributed by atoms with E-state index >= 15 is 0 Å². The summed E-state index contributed by atoms with van der Waals surface area (Å²) in [6.45, 7) is 5.32. The number of hydrogen-bond acceptors (Lipinski definition) is 2. The molecule has 3 nitrogen and oxygen atoms in total. The van der Waals surface area contributed by atoms with Crippen molar-refractivity contribution in [1.82, 2.24) is 4.98 Å². The summed E-state index contributed by atoms with van der Waals surface area (Å²) in [4.78, 5) is 14.3. The molecule has 1 aromatic heterocycles. The fourth-order valence-corrected chi connectivity index (χ4v) is 2.13. The number of aromatic nitrogens is 1. The molecule has 2 aromatic rings. The van der Waals surface area contributed by atoms with Crippen LogP contribution >= 0.6 is 0 Å². The predicted octanol–water partition coefficient (Wildman–Crippen LogP) is 3.10. The molecule has 0 bridgehead atoms. The first-order valence-electron chi connectivity index (χ1n) is 5.34. The van der Waals surface area contributed by atoms with Crippen molar-refractivity contribution in [2.24, 2.45) is 0 Å². The summed E-state index contributed by atoms with van der Waals surface area (Å²) >= 11 is 0. The summed E-state index contributed by atoms with van der Waals surface area (Å²) in [6.07, 6.45) is -0.214. The zero-order chi connectivity index (χ0) is 11.7. The Kier molecular flexibility index (Phi) is 2.69. The molecule has 0 aliphatic rings. The maximum absolute atomic E-state index is 11.0. The minimum atomic E-state index is -0.253. The molecule has 0 saturated heterocycles. The van der Waals surface area contributed by atoms with Crippen LogP contribution in [0.2, 0.25) is 0 Å². The molecule has 0 amide bonds. The summed E-state index contributed by atoms with van der Waals surface area (Å²) in [6, 6.07) is 8.03. The van der Waals surface area contributed by atoms with Gasteiger partial charge < -0.3 is 9.72 Å². The Labute approximate surface area is 94.4 Å². The zero-order valence-corrected chi connectivity index (χ0v) is 9.70. The Morgan fingerprint density at radius 2 is 2.06 bits per heavy atom. The number of para-hydroxylation sites is 1. The van der Waals surface area contributed by atoms with Gasteiger partial charge >= 0.3 is 5.97 Å². The number of hydrogen-bond donors (Lipinski definition) is 1. The Hall–Kier alpha value is -1.77. The lowest BCUT2D eigenvalue weighted by atomic mass is 10.1. The Morgan fingerprint density at radius 1 is 1.38 bits per heavy atom. The summed E-state index contributed by atoms with van der Waals surface area (Å²) in [5.74, 6) is -0.253. The van der Waals surface area contributed by atoms with Gasteiger partial charge in [-0.15, -0.1) is 0 Å². The van der Waals surface area contributed by atoms with Crippen LogP contribution in [0.1, 0.15) is 31.2 Å². The van der Waals surface area contributed by atoms with Gasteiger partial charge in [0.1, 0.15) is 6.10 Å². The summed E-state index contributed by atoms with van der Waals surface area (Å²) in [5, 5.41) is 1.12. The molecule has 0 fully saturated rings. The third-order valence-electron chi connectivity index (χ3n) is 2.69. The van der Waals surface area contributed by atoms with Gasteiger partial charge in [-0.25, -0.2) is 0 Å². The van der Waals surface area contributed by atoms with Crippen molar-refractivity contribution in [3.63, 3.8) is 0 Å². The minimum absolute atomic E-state index is 0.214. The number of fused-ring (bicyclic) bond motifs is 1. The predicted molar refractivity (Wildman–Crippen MR) is 63.2 cm³/mol. The highest BCUT2D eigenvalue weighted by atomic mass is 16.5. The standard InChI is InChI=1S/C13H15NO2/c1-8-13(9(2)16-10(3)15)11-6-4-5-7-12(11)14-8/h4-7,9,14H,1-3H3. The fraction of sp³-hybridized carbons (Fsp3) is 0.308. The summed E-state index contributed by atoms with van der Waals surface area (Å²) < 4.78 is 5.22. The number of nitrogens with one attached hydrogen (secondary N) is 1. The van der Waals surface area contributed by atoms with Crippen LogP contribution in [-0.4, -0.2) is 11.0 Å². The van der Waals surface area contributed by atoms with Gasteiger partial charge in [0.2, 0.25) is 0 Å². The maximum Gasteiger partial charge on any atom is 0.303 e. The molecule has 3 heteroatoms. The number of benzene rings is 1. The summed E-state index contributed by atoms with van der Waals surface area (Å²) in [7, 11) is 0. The van der Waals surface area contributed by atoms with Crippen molar-refractivity contribution >= 4 is 16.9 Å². The Balaban J connectivity index is 2.50. The van der Waals surface area contributed by atoms with E-state index in [4.69, 9.17) is 4.74 Å². The average Bonchev–Trinajstić information content (AvgIpc) is 2.52. The van der Waals surface area contributed by atoms with E-state index in [1.165, 1.54) is 6.92 Å². The molecular weight excluding hydrogens is 202 g/mol. The topological polar surface area (TPSA) is 42.1 Å². The van der Waals surface area contributed by atoms with Crippen molar-refractivity contribution < 1.29 is 9.53 Å². The molecule has 84 valence electrons. The van der Waals surface area contributed by atoms with Crippen molar-refractivity contribution in [3.8, 4) is 0 Å². The first-order valence-corrected chi connectivity index (χ1v) is 5.34. The average molecular weight is 217 g/mol. The molecule has 1 aromatic carbocycles. The molecule has 2 rings (SSSR count). The molecule has 0 radical (unpaired) electrons. The van der Waals surface area contributed by atoms with Gasteiger partial charge in [0.15, 0.2) is 0 Å². The Morgan fingerprint density at radius 3 is 2.75 bits per heavy atom. The van der Waals surface area contributed by atoms with Crippen molar-refractivity contribution in [2.45, 2.75) is 26.9 Å². The van der Waals surface area contributed by atoms with Crippen LogP contribution in [0.25, 0.3) is 10.9 Å². The SMILES string of the molecule is CC(=O)OC(C)c1c(C)[nH]c2ccccc12. The monoisotopic (exact) mass is 217 g/mol. The maximum atomic E-state index is 11.0. The lowest BCUT2D eigenvalue weighted by Crippen LogP contribution is -2.05.